The average molecular weight is 391 g/mol. The van der Waals surface area contributed by atoms with E-state index in [1.807, 2.05) is 23.0 Å². The number of rotatable bonds is 4. The molecule has 1 aromatic carbocycles. The Morgan fingerprint density at radius 2 is 1.83 bits per heavy atom. The molecule has 0 bridgehead atoms. The Balaban J connectivity index is 1.52. The molecule has 0 aliphatic carbocycles. The summed E-state index contributed by atoms with van der Waals surface area (Å²) in [7, 11) is 0. The van der Waals surface area contributed by atoms with Gasteiger partial charge in [0.15, 0.2) is 5.82 Å². The van der Waals surface area contributed by atoms with E-state index in [-0.39, 0.29) is 5.92 Å². The Morgan fingerprint density at radius 1 is 0.966 bits per heavy atom. The molecule has 4 heterocycles. The van der Waals surface area contributed by atoms with E-state index < -0.39 is 0 Å². The number of morpholine rings is 1. The number of aryl methyl sites for hydroxylation is 1. The van der Waals surface area contributed by atoms with Crippen molar-refractivity contribution >= 4 is 5.82 Å². The number of ether oxygens (including phenoxy) is 2. The molecular weight excluding hydrogens is 366 g/mol. The molecule has 150 valence electrons. The van der Waals surface area contributed by atoms with E-state index in [2.05, 4.69) is 36.1 Å². The van der Waals surface area contributed by atoms with Crippen LogP contribution in [0.15, 0.2) is 42.6 Å². The fraction of sp³-hybridized carbons (Fsp3) is 0.409. The highest BCUT2D eigenvalue weighted by Crippen LogP contribution is 2.27. The van der Waals surface area contributed by atoms with Crippen molar-refractivity contribution in [1.82, 2.24) is 19.7 Å². The molecule has 29 heavy (non-hydrogen) atoms. The van der Waals surface area contributed by atoms with Gasteiger partial charge in [-0.2, -0.15) is 5.10 Å². The third-order valence-corrected chi connectivity index (χ3v) is 5.48. The van der Waals surface area contributed by atoms with E-state index in [0.717, 1.165) is 68.0 Å². The highest BCUT2D eigenvalue weighted by atomic mass is 16.5. The quantitative estimate of drug-likeness (QED) is 0.681. The van der Waals surface area contributed by atoms with Gasteiger partial charge in [-0.05, 0) is 25.5 Å². The minimum absolute atomic E-state index is 0.238. The summed E-state index contributed by atoms with van der Waals surface area (Å²) in [6, 6.07) is 12.4. The molecule has 7 nitrogen and oxygen atoms in total. The summed E-state index contributed by atoms with van der Waals surface area (Å²) in [5.74, 6) is 2.81. The Morgan fingerprint density at radius 3 is 2.62 bits per heavy atom. The molecule has 0 amide bonds. The van der Waals surface area contributed by atoms with E-state index in [9.17, 15) is 0 Å². The van der Waals surface area contributed by atoms with Crippen LogP contribution in [0, 0.1) is 6.92 Å². The maximum atomic E-state index is 5.58. The molecule has 2 saturated heterocycles. The van der Waals surface area contributed by atoms with Crippen LogP contribution in [-0.2, 0) is 9.47 Å². The molecule has 2 aliphatic rings. The van der Waals surface area contributed by atoms with Gasteiger partial charge in [0.25, 0.3) is 0 Å². The van der Waals surface area contributed by atoms with Gasteiger partial charge in [0.2, 0.25) is 0 Å². The van der Waals surface area contributed by atoms with Crippen molar-refractivity contribution in [3.63, 3.8) is 0 Å². The zero-order valence-corrected chi connectivity index (χ0v) is 16.6. The first kappa shape index (κ1) is 18.3. The predicted octanol–water partition coefficient (Wildman–Crippen LogP) is 2.98. The summed E-state index contributed by atoms with van der Waals surface area (Å²) in [4.78, 5) is 12.0. The van der Waals surface area contributed by atoms with Crippen molar-refractivity contribution in [2.24, 2.45) is 0 Å². The van der Waals surface area contributed by atoms with Gasteiger partial charge < -0.3 is 14.4 Å². The number of anilines is 1. The van der Waals surface area contributed by atoms with Crippen LogP contribution in [0.3, 0.4) is 0 Å². The van der Waals surface area contributed by atoms with Gasteiger partial charge in [-0.15, -0.1) is 0 Å². The molecule has 2 aromatic heterocycles. The Bertz CT molecular complexity index is 990. The molecule has 3 aromatic rings. The van der Waals surface area contributed by atoms with Crippen LogP contribution in [0.25, 0.3) is 17.1 Å². The van der Waals surface area contributed by atoms with Crippen LogP contribution in [-0.4, -0.2) is 59.3 Å². The minimum Gasteiger partial charge on any atom is -0.381 e. The van der Waals surface area contributed by atoms with Crippen molar-refractivity contribution in [2.75, 3.05) is 44.4 Å². The standard InChI is InChI=1S/C22H25N5O2/c1-16-3-2-4-17(13-16)19-5-7-27(25-19)21-14-20(26-8-11-28-12-9-26)23-22(24-21)18-6-10-29-15-18/h2-5,7,13-14,18H,6,8-12,15H2,1H3. The number of hydrogen-bond donors (Lipinski definition) is 0. The Labute approximate surface area is 170 Å². The van der Waals surface area contributed by atoms with E-state index in [4.69, 9.17) is 24.5 Å². The summed E-state index contributed by atoms with van der Waals surface area (Å²) in [6.07, 6.45) is 2.93. The van der Waals surface area contributed by atoms with Gasteiger partial charge in [-0.25, -0.2) is 14.6 Å². The molecule has 2 fully saturated rings. The van der Waals surface area contributed by atoms with Crippen LogP contribution in [0.4, 0.5) is 5.82 Å². The molecule has 1 atom stereocenters. The van der Waals surface area contributed by atoms with Gasteiger partial charge in [-0.3, -0.25) is 0 Å². The minimum atomic E-state index is 0.238. The topological polar surface area (TPSA) is 65.3 Å². The van der Waals surface area contributed by atoms with E-state index in [0.29, 0.717) is 6.61 Å². The lowest BCUT2D eigenvalue weighted by atomic mass is 10.1. The largest absolute Gasteiger partial charge is 0.381 e. The van der Waals surface area contributed by atoms with Crippen LogP contribution >= 0.6 is 0 Å². The van der Waals surface area contributed by atoms with E-state index in [1.165, 1.54) is 5.56 Å². The van der Waals surface area contributed by atoms with E-state index in [1.54, 1.807) is 0 Å². The molecule has 7 heteroatoms. The zero-order valence-electron chi connectivity index (χ0n) is 16.6. The Hall–Kier alpha value is -2.77. The zero-order chi connectivity index (χ0) is 19.6. The fourth-order valence-electron chi connectivity index (χ4n) is 3.84. The van der Waals surface area contributed by atoms with Crippen molar-refractivity contribution in [1.29, 1.82) is 0 Å². The highest BCUT2D eigenvalue weighted by molar-refractivity contribution is 5.60. The lowest BCUT2D eigenvalue weighted by Crippen LogP contribution is -2.37. The molecule has 2 aliphatic heterocycles. The van der Waals surface area contributed by atoms with Crippen molar-refractivity contribution < 1.29 is 9.47 Å². The summed E-state index contributed by atoms with van der Waals surface area (Å²) < 4.78 is 12.9. The van der Waals surface area contributed by atoms with Gasteiger partial charge in [0.05, 0.1) is 25.5 Å². The third kappa shape index (κ3) is 3.88. The van der Waals surface area contributed by atoms with Crippen molar-refractivity contribution in [3.05, 3.63) is 54.0 Å². The van der Waals surface area contributed by atoms with Gasteiger partial charge in [0, 0.05) is 43.4 Å². The van der Waals surface area contributed by atoms with Gasteiger partial charge in [-0.1, -0.05) is 23.8 Å². The normalized spacial score (nSPS) is 19.6. The molecule has 5 rings (SSSR count). The maximum absolute atomic E-state index is 5.58. The highest BCUT2D eigenvalue weighted by Gasteiger charge is 2.24. The Kier molecular flexibility index (Phi) is 4.99. The summed E-state index contributed by atoms with van der Waals surface area (Å²) in [5.41, 5.74) is 3.26. The van der Waals surface area contributed by atoms with E-state index >= 15 is 0 Å². The molecule has 1 unspecified atom stereocenters. The van der Waals surface area contributed by atoms with Gasteiger partial charge in [0.1, 0.15) is 11.6 Å². The van der Waals surface area contributed by atoms with Crippen molar-refractivity contribution in [3.8, 4) is 17.1 Å². The van der Waals surface area contributed by atoms with Crippen LogP contribution in [0.5, 0.6) is 0 Å². The van der Waals surface area contributed by atoms with Crippen molar-refractivity contribution in [2.45, 2.75) is 19.3 Å². The third-order valence-electron chi connectivity index (χ3n) is 5.48. The average Bonchev–Trinajstić information content (AvgIpc) is 3.47. The number of nitrogens with zero attached hydrogens (tertiary/aromatic N) is 5. The van der Waals surface area contributed by atoms with Crippen LogP contribution < -0.4 is 4.90 Å². The maximum Gasteiger partial charge on any atom is 0.159 e. The first-order chi connectivity index (χ1) is 14.3. The second-order valence-corrected chi connectivity index (χ2v) is 7.62. The van der Waals surface area contributed by atoms with Gasteiger partial charge >= 0.3 is 0 Å². The second-order valence-electron chi connectivity index (χ2n) is 7.62. The summed E-state index contributed by atoms with van der Waals surface area (Å²) in [6.45, 7) is 6.66. The summed E-state index contributed by atoms with van der Waals surface area (Å²) in [5, 5.41) is 4.80. The second kappa shape index (κ2) is 7.93. The summed E-state index contributed by atoms with van der Waals surface area (Å²) >= 11 is 0. The number of benzene rings is 1. The number of hydrogen-bond acceptors (Lipinski definition) is 6. The molecule has 0 saturated carbocycles. The molecular formula is C22H25N5O2. The monoisotopic (exact) mass is 391 g/mol. The first-order valence-corrected chi connectivity index (χ1v) is 10.2. The SMILES string of the molecule is Cc1cccc(-c2ccn(-c3cc(N4CCOCC4)nc(C4CCOC4)n3)n2)c1. The first-order valence-electron chi connectivity index (χ1n) is 10.2. The van der Waals surface area contributed by atoms with Crippen LogP contribution in [0.2, 0.25) is 0 Å². The smallest absolute Gasteiger partial charge is 0.159 e. The molecule has 0 N–H and O–H groups in total. The van der Waals surface area contributed by atoms with Crippen LogP contribution in [0.1, 0.15) is 23.7 Å². The molecule has 0 spiro atoms. The fourth-order valence-corrected chi connectivity index (χ4v) is 3.84. The lowest BCUT2D eigenvalue weighted by Gasteiger charge is -2.28. The lowest BCUT2D eigenvalue weighted by molar-refractivity contribution is 0.122. The number of aromatic nitrogens is 4. The molecule has 0 radical (unpaired) electrons. The predicted molar refractivity (Wildman–Crippen MR) is 111 cm³/mol.